The highest BCUT2D eigenvalue weighted by Crippen LogP contribution is 2.34. The second-order valence-corrected chi connectivity index (χ2v) is 7.22. The molecule has 3 rings (SSSR count). The molecule has 0 unspecified atom stereocenters. The Hall–Kier alpha value is -3.55. The van der Waals surface area contributed by atoms with Gasteiger partial charge in [0.25, 0.3) is 5.91 Å². The number of aromatic nitrogens is 3. The zero-order valence-corrected chi connectivity index (χ0v) is 17.1. The molecule has 0 bridgehead atoms. The maximum atomic E-state index is 13.3. The average molecular weight is 489 g/mol. The molecule has 14 heteroatoms. The number of nitrogens with zero attached hydrogens (tertiary/aromatic N) is 3. The van der Waals surface area contributed by atoms with E-state index in [4.69, 9.17) is 0 Å². The Kier molecular flexibility index (Phi) is 6.95. The van der Waals surface area contributed by atoms with E-state index in [1.165, 1.54) is 34.4 Å². The summed E-state index contributed by atoms with van der Waals surface area (Å²) in [4.78, 5) is 26.7. The van der Waals surface area contributed by atoms with Crippen LogP contribution in [0.2, 0.25) is 0 Å². The van der Waals surface area contributed by atoms with Crippen LogP contribution in [0.25, 0.3) is 11.3 Å². The van der Waals surface area contributed by atoms with Gasteiger partial charge in [0.15, 0.2) is 5.82 Å². The van der Waals surface area contributed by atoms with Gasteiger partial charge < -0.3 is 10.6 Å². The second-order valence-electron chi connectivity index (χ2n) is 6.50. The largest absolute Gasteiger partial charge is 0.471 e. The lowest BCUT2D eigenvalue weighted by Gasteiger charge is -2.15. The zero-order valence-electron chi connectivity index (χ0n) is 16.3. The van der Waals surface area contributed by atoms with Crippen molar-refractivity contribution in [2.75, 3.05) is 11.9 Å². The number of rotatable bonds is 6. The normalized spacial score (nSPS) is 11.8. The molecule has 0 fully saturated rings. The van der Waals surface area contributed by atoms with E-state index in [2.05, 4.69) is 20.5 Å². The Morgan fingerprint density at radius 3 is 2.33 bits per heavy atom. The van der Waals surface area contributed by atoms with Crippen molar-refractivity contribution in [1.82, 2.24) is 20.5 Å². The lowest BCUT2D eigenvalue weighted by atomic mass is 9.99. The van der Waals surface area contributed by atoms with Crippen molar-refractivity contribution >= 4 is 29.0 Å². The van der Waals surface area contributed by atoms with Crippen LogP contribution in [0.1, 0.15) is 21.6 Å². The van der Waals surface area contributed by atoms with Crippen LogP contribution in [0.4, 0.5) is 32.2 Å². The number of carbonyl (C=O) groups is 2. The molecule has 1 aromatic carbocycles. The van der Waals surface area contributed by atoms with Gasteiger partial charge in [0, 0.05) is 17.5 Å². The van der Waals surface area contributed by atoms with E-state index >= 15 is 0 Å². The molecule has 2 amide bonds. The first-order valence-corrected chi connectivity index (χ1v) is 9.98. The van der Waals surface area contributed by atoms with Crippen LogP contribution in [-0.4, -0.2) is 39.7 Å². The van der Waals surface area contributed by atoms with E-state index in [0.717, 1.165) is 18.2 Å². The van der Waals surface area contributed by atoms with Crippen molar-refractivity contribution in [1.29, 1.82) is 0 Å². The molecular weight excluding hydrogens is 476 g/mol. The quantitative estimate of drug-likeness (QED) is 0.509. The number of hydrogen-bond acceptors (Lipinski definition) is 6. The minimum Gasteiger partial charge on any atom is -0.348 e. The first kappa shape index (κ1) is 24.1. The van der Waals surface area contributed by atoms with Gasteiger partial charge >= 0.3 is 18.3 Å². The number of carbonyl (C=O) groups excluding carboxylic acids is 2. The molecule has 0 aliphatic rings. The lowest BCUT2D eigenvalue weighted by molar-refractivity contribution is -0.173. The molecule has 0 saturated heterocycles. The average Bonchev–Trinajstić information content (AvgIpc) is 3.28. The maximum Gasteiger partial charge on any atom is 0.471 e. The summed E-state index contributed by atoms with van der Waals surface area (Å²) < 4.78 is 76.8. The van der Waals surface area contributed by atoms with Gasteiger partial charge in [-0.25, -0.2) is 4.98 Å². The van der Waals surface area contributed by atoms with Crippen LogP contribution in [0.3, 0.4) is 0 Å². The molecule has 174 valence electrons. The summed E-state index contributed by atoms with van der Waals surface area (Å²) >= 11 is 1.22. The Balaban J connectivity index is 1.78. The molecule has 33 heavy (non-hydrogen) atoms. The number of hydrogen-bond donors (Lipinski definition) is 2. The molecule has 2 N–H and O–H groups in total. The van der Waals surface area contributed by atoms with Gasteiger partial charge in [-0.1, -0.05) is 6.07 Å². The fourth-order valence-corrected chi connectivity index (χ4v) is 3.24. The van der Waals surface area contributed by atoms with Crippen molar-refractivity contribution in [3.05, 3.63) is 58.0 Å². The van der Waals surface area contributed by atoms with E-state index in [9.17, 15) is 35.9 Å². The van der Waals surface area contributed by atoms with Crippen molar-refractivity contribution in [3.8, 4) is 11.3 Å². The van der Waals surface area contributed by atoms with Gasteiger partial charge in [0.2, 0.25) is 0 Å². The number of thiazole rings is 1. The van der Waals surface area contributed by atoms with Crippen LogP contribution in [0.5, 0.6) is 0 Å². The zero-order chi connectivity index (χ0) is 24.2. The molecule has 0 aliphatic carbocycles. The molecular formula is C19H13F6N5O2S. The van der Waals surface area contributed by atoms with E-state index < -0.39 is 42.7 Å². The third kappa shape index (κ3) is 6.25. The van der Waals surface area contributed by atoms with Gasteiger partial charge in [-0.2, -0.15) is 26.3 Å². The smallest absolute Gasteiger partial charge is 0.348 e. The number of nitrogens with one attached hydrogen (secondary N) is 2. The fraction of sp³-hybridized carbons (Fsp3) is 0.211. The summed E-state index contributed by atoms with van der Waals surface area (Å²) in [6.07, 6.45) is -10.4. The van der Waals surface area contributed by atoms with Crippen molar-refractivity contribution < 1.29 is 35.9 Å². The predicted molar refractivity (Wildman–Crippen MR) is 105 cm³/mol. The Morgan fingerprint density at radius 1 is 1.00 bits per heavy atom. The summed E-state index contributed by atoms with van der Waals surface area (Å²) in [6.45, 7) is -0.655. The van der Waals surface area contributed by atoms with Crippen LogP contribution in [0, 0.1) is 0 Å². The second kappa shape index (κ2) is 9.52. The SMILES string of the molecule is O=C(Nc1ccc(-c2ccc(C(F)(F)F)c(CCNC(=O)C(F)(F)F)c2)nn1)c1cscn1. The highest BCUT2D eigenvalue weighted by molar-refractivity contribution is 7.07. The molecule has 0 atom stereocenters. The number of anilines is 1. The molecule has 0 saturated carbocycles. The van der Waals surface area contributed by atoms with Gasteiger partial charge in [0.05, 0.1) is 16.8 Å². The van der Waals surface area contributed by atoms with E-state index in [-0.39, 0.29) is 28.3 Å². The van der Waals surface area contributed by atoms with E-state index in [1.54, 1.807) is 5.32 Å². The Morgan fingerprint density at radius 2 is 1.76 bits per heavy atom. The standard InChI is InChI=1S/C19H13F6N5O2S/c20-18(21,22)12-2-1-11(7-10(12)5-6-26-17(32)19(23,24)25)13-3-4-15(30-29-13)28-16(31)14-8-33-9-27-14/h1-4,7-9H,5-6H2,(H,26,32)(H,28,30,31). The molecule has 7 nitrogen and oxygen atoms in total. The topological polar surface area (TPSA) is 96.9 Å². The van der Waals surface area contributed by atoms with Crippen molar-refractivity contribution in [3.63, 3.8) is 0 Å². The molecule has 0 radical (unpaired) electrons. The third-order valence-corrected chi connectivity index (χ3v) is 4.80. The minimum absolute atomic E-state index is 0.0822. The number of benzene rings is 1. The molecule has 0 aliphatic heterocycles. The highest BCUT2D eigenvalue weighted by Gasteiger charge is 2.38. The summed E-state index contributed by atoms with van der Waals surface area (Å²) in [6, 6.07) is 5.81. The fourth-order valence-electron chi connectivity index (χ4n) is 2.71. The predicted octanol–water partition coefficient (Wildman–Crippen LogP) is 4.09. The first-order chi connectivity index (χ1) is 15.4. The molecule has 2 heterocycles. The van der Waals surface area contributed by atoms with Gasteiger partial charge in [0.1, 0.15) is 5.69 Å². The molecule has 0 spiro atoms. The summed E-state index contributed by atoms with van der Waals surface area (Å²) in [5.41, 5.74) is 0.648. The van der Waals surface area contributed by atoms with Gasteiger partial charge in [-0.3, -0.25) is 9.59 Å². The third-order valence-electron chi connectivity index (χ3n) is 4.21. The molecule has 2 aromatic heterocycles. The summed E-state index contributed by atoms with van der Waals surface area (Å²) in [7, 11) is 0. The van der Waals surface area contributed by atoms with Crippen molar-refractivity contribution in [2.24, 2.45) is 0 Å². The number of amides is 2. The van der Waals surface area contributed by atoms with Crippen LogP contribution in [0.15, 0.2) is 41.2 Å². The lowest BCUT2D eigenvalue weighted by Crippen LogP contribution is -2.37. The minimum atomic E-state index is -5.14. The summed E-state index contributed by atoms with van der Waals surface area (Å²) in [5.74, 6) is -2.68. The maximum absolute atomic E-state index is 13.3. The molecule has 3 aromatic rings. The summed E-state index contributed by atoms with van der Waals surface area (Å²) in [5, 5.41) is 13.2. The van der Waals surface area contributed by atoms with Gasteiger partial charge in [-0.15, -0.1) is 21.5 Å². The van der Waals surface area contributed by atoms with E-state index in [0.29, 0.717) is 0 Å². The van der Waals surface area contributed by atoms with Gasteiger partial charge in [-0.05, 0) is 36.2 Å². The van der Waals surface area contributed by atoms with Crippen molar-refractivity contribution in [2.45, 2.75) is 18.8 Å². The number of alkyl halides is 6. The Labute approximate surface area is 185 Å². The highest BCUT2D eigenvalue weighted by atomic mass is 32.1. The van der Waals surface area contributed by atoms with E-state index in [1.807, 2.05) is 0 Å². The van der Waals surface area contributed by atoms with Crippen LogP contribution < -0.4 is 10.6 Å². The van der Waals surface area contributed by atoms with Crippen LogP contribution in [-0.2, 0) is 17.4 Å². The first-order valence-electron chi connectivity index (χ1n) is 9.04. The Bertz CT molecular complexity index is 1130. The number of halogens is 6. The van der Waals surface area contributed by atoms with Crippen LogP contribution >= 0.6 is 11.3 Å². The monoisotopic (exact) mass is 489 g/mol.